The zero-order chi connectivity index (χ0) is 14.1. The summed E-state index contributed by atoms with van der Waals surface area (Å²) in [6.45, 7) is 1.79. The number of para-hydroxylation sites is 2. The van der Waals surface area contributed by atoms with Crippen LogP contribution in [0.25, 0.3) is 11.0 Å². The molecule has 0 amide bonds. The van der Waals surface area contributed by atoms with Crippen LogP contribution >= 0.6 is 0 Å². The van der Waals surface area contributed by atoms with Crippen LogP contribution in [-0.2, 0) is 19.5 Å². The summed E-state index contributed by atoms with van der Waals surface area (Å²) in [7, 11) is 0. The van der Waals surface area contributed by atoms with Gasteiger partial charge in [0.05, 0.1) is 23.9 Å². The molecule has 1 aliphatic rings. The average molecular weight is 281 g/mol. The van der Waals surface area contributed by atoms with Crippen molar-refractivity contribution < 1.29 is 0 Å². The van der Waals surface area contributed by atoms with Gasteiger partial charge in [0.1, 0.15) is 5.82 Å². The van der Waals surface area contributed by atoms with E-state index in [0.717, 1.165) is 42.2 Å². The van der Waals surface area contributed by atoms with Gasteiger partial charge in [-0.25, -0.2) is 4.98 Å². The number of nitrogens with zero attached hydrogens (tertiary/aromatic N) is 5. The summed E-state index contributed by atoms with van der Waals surface area (Å²) in [4.78, 5) is 4.45. The Morgan fingerprint density at radius 2 is 1.90 bits per heavy atom. The summed E-state index contributed by atoms with van der Waals surface area (Å²) in [5, 5.41) is 8.83. The molecular formula is C16H19N5. The zero-order valence-electron chi connectivity index (χ0n) is 12.1. The van der Waals surface area contributed by atoms with Crippen LogP contribution < -0.4 is 0 Å². The van der Waals surface area contributed by atoms with Crippen LogP contribution in [0, 0.1) is 0 Å². The van der Waals surface area contributed by atoms with E-state index in [1.165, 1.54) is 25.7 Å². The third-order valence-corrected chi connectivity index (χ3v) is 4.28. The highest BCUT2D eigenvalue weighted by molar-refractivity contribution is 5.74. The molecule has 1 aromatic carbocycles. The predicted molar refractivity (Wildman–Crippen MR) is 81.0 cm³/mol. The van der Waals surface area contributed by atoms with Crippen LogP contribution in [0.2, 0.25) is 0 Å². The van der Waals surface area contributed by atoms with Gasteiger partial charge >= 0.3 is 0 Å². The normalized spacial score (nSPS) is 15.6. The number of fused-ring (bicyclic) bond motifs is 2. The van der Waals surface area contributed by atoms with Crippen molar-refractivity contribution in [2.75, 3.05) is 0 Å². The van der Waals surface area contributed by atoms with E-state index in [1.807, 2.05) is 18.5 Å². The van der Waals surface area contributed by atoms with E-state index in [9.17, 15) is 0 Å². The minimum atomic E-state index is 0.744. The number of rotatable bonds is 2. The van der Waals surface area contributed by atoms with E-state index in [0.29, 0.717) is 0 Å². The van der Waals surface area contributed by atoms with Crippen molar-refractivity contribution >= 4 is 11.0 Å². The van der Waals surface area contributed by atoms with Crippen molar-refractivity contribution in [3.63, 3.8) is 0 Å². The van der Waals surface area contributed by atoms with Gasteiger partial charge < -0.3 is 9.13 Å². The van der Waals surface area contributed by atoms with Gasteiger partial charge in [0.15, 0.2) is 5.82 Å². The molecule has 0 bridgehead atoms. The summed E-state index contributed by atoms with van der Waals surface area (Å²) in [6.07, 6.45) is 8.03. The Balaban J connectivity index is 1.68. The molecule has 3 heterocycles. The Hall–Kier alpha value is -2.17. The molecule has 0 saturated carbocycles. The third-order valence-electron chi connectivity index (χ3n) is 4.28. The molecule has 21 heavy (non-hydrogen) atoms. The Morgan fingerprint density at radius 1 is 1.00 bits per heavy atom. The molecule has 5 heteroatoms. The first-order chi connectivity index (χ1) is 10.4. The second kappa shape index (κ2) is 5.31. The van der Waals surface area contributed by atoms with Crippen molar-refractivity contribution in [3.8, 4) is 0 Å². The molecule has 4 rings (SSSR count). The summed E-state index contributed by atoms with van der Waals surface area (Å²) in [5.74, 6) is 2.20. The fraction of sp³-hybridized carbons (Fsp3) is 0.438. The Bertz CT molecular complexity index is 755. The van der Waals surface area contributed by atoms with Crippen molar-refractivity contribution in [3.05, 3.63) is 42.2 Å². The largest absolute Gasteiger partial charge is 0.323 e. The molecule has 0 aliphatic carbocycles. The second-order valence-corrected chi connectivity index (χ2v) is 5.71. The number of hydrogen-bond donors (Lipinski definition) is 0. The highest BCUT2D eigenvalue weighted by Gasteiger charge is 2.14. The van der Waals surface area contributed by atoms with Crippen molar-refractivity contribution in [1.82, 2.24) is 24.3 Å². The molecular weight excluding hydrogens is 262 g/mol. The number of imidazole rings is 1. The first-order valence-electron chi connectivity index (χ1n) is 7.72. The first kappa shape index (κ1) is 12.6. The number of aromatic nitrogens is 5. The molecule has 2 aromatic heterocycles. The maximum Gasteiger partial charge on any atom is 0.153 e. The van der Waals surface area contributed by atoms with Gasteiger partial charge in [-0.05, 0) is 25.0 Å². The minimum absolute atomic E-state index is 0.744. The lowest BCUT2D eigenvalue weighted by atomic mass is 10.1. The van der Waals surface area contributed by atoms with E-state index in [-0.39, 0.29) is 0 Å². The molecule has 0 N–H and O–H groups in total. The lowest BCUT2D eigenvalue weighted by Crippen LogP contribution is -2.13. The van der Waals surface area contributed by atoms with E-state index in [1.54, 1.807) is 0 Å². The molecule has 0 fully saturated rings. The van der Waals surface area contributed by atoms with Crippen LogP contribution in [0.5, 0.6) is 0 Å². The standard InChI is InChI=1S/C16H19N5/c1-2-6-10-21-15(9-3-1)18-19-16(21)11-20-12-17-13-7-4-5-8-14(13)20/h4-5,7-8,12H,1-3,6,9-11H2. The van der Waals surface area contributed by atoms with Crippen LogP contribution in [0.15, 0.2) is 30.6 Å². The van der Waals surface area contributed by atoms with Gasteiger partial charge in [0, 0.05) is 13.0 Å². The smallest absolute Gasteiger partial charge is 0.153 e. The summed E-state index contributed by atoms with van der Waals surface area (Å²) in [6, 6.07) is 8.22. The third kappa shape index (κ3) is 2.33. The van der Waals surface area contributed by atoms with Crippen LogP contribution in [0.3, 0.4) is 0 Å². The monoisotopic (exact) mass is 281 g/mol. The number of hydrogen-bond acceptors (Lipinski definition) is 3. The Kier molecular flexibility index (Phi) is 3.18. The van der Waals surface area contributed by atoms with Gasteiger partial charge in [0.25, 0.3) is 0 Å². The maximum absolute atomic E-state index is 4.45. The number of aryl methyl sites for hydroxylation is 1. The number of benzene rings is 1. The van der Waals surface area contributed by atoms with Crippen LogP contribution in [0.1, 0.15) is 37.3 Å². The SMILES string of the molecule is c1ccc2c(c1)ncn2Cc1nnc2n1CCCCCC2. The highest BCUT2D eigenvalue weighted by atomic mass is 15.3. The average Bonchev–Trinajstić information content (AvgIpc) is 3.04. The van der Waals surface area contributed by atoms with Crippen molar-refractivity contribution in [2.24, 2.45) is 0 Å². The van der Waals surface area contributed by atoms with E-state index in [2.05, 4.69) is 36.4 Å². The Morgan fingerprint density at radius 3 is 2.90 bits per heavy atom. The van der Waals surface area contributed by atoms with E-state index < -0.39 is 0 Å². The predicted octanol–water partition coefficient (Wildman–Crippen LogP) is 2.79. The summed E-state index contributed by atoms with van der Waals surface area (Å²) in [5.41, 5.74) is 2.19. The topological polar surface area (TPSA) is 48.5 Å². The first-order valence-corrected chi connectivity index (χ1v) is 7.72. The summed E-state index contributed by atoms with van der Waals surface area (Å²) < 4.78 is 4.47. The summed E-state index contributed by atoms with van der Waals surface area (Å²) >= 11 is 0. The van der Waals surface area contributed by atoms with Gasteiger partial charge in [-0.15, -0.1) is 10.2 Å². The Labute approximate surface area is 123 Å². The molecule has 108 valence electrons. The van der Waals surface area contributed by atoms with Gasteiger partial charge in [-0.3, -0.25) is 0 Å². The van der Waals surface area contributed by atoms with Gasteiger partial charge in [-0.1, -0.05) is 25.0 Å². The fourth-order valence-electron chi connectivity index (χ4n) is 3.13. The molecule has 0 spiro atoms. The van der Waals surface area contributed by atoms with Crippen molar-refractivity contribution in [2.45, 2.75) is 45.2 Å². The molecule has 3 aromatic rings. The van der Waals surface area contributed by atoms with Crippen LogP contribution in [0.4, 0.5) is 0 Å². The minimum Gasteiger partial charge on any atom is -0.323 e. The zero-order valence-corrected chi connectivity index (χ0v) is 12.1. The quantitative estimate of drug-likeness (QED) is 0.725. The van der Waals surface area contributed by atoms with Crippen LogP contribution in [-0.4, -0.2) is 24.3 Å². The molecule has 1 aliphatic heterocycles. The van der Waals surface area contributed by atoms with Gasteiger partial charge in [-0.2, -0.15) is 0 Å². The molecule has 0 saturated heterocycles. The van der Waals surface area contributed by atoms with Gasteiger partial charge in [0.2, 0.25) is 0 Å². The second-order valence-electron chi connectivity index (χ2n) is 5.71. The maximum atomic E-state index is 4.45. The van der Waals surface area contributed by atoms with E-state index in [4.69, 9.17) is 0 Å². The molecule has 5 nitrogen and oxygen atoms in total. The molecule has 0 unspecified atom stereocenters. The lowest BCUT2D eigenvalue weighted by Gasteiger charge is -2.13. The van der Waals surface area contributed by atoms with E-state index >= 15 is 0 Å². The fourth-order valence-corrected chi connectivity index (χ4v) is 3.13. The molecule has 0 atom stereocenters. The highest BCUT2D eigenvalue weighted by Crippen LogP contribution is 2.17. The lowest BCUT2D eigenvalue weighted by molar-refractivity contribution is 0.500. The molecule has 0 radical (unpaired) electrons. The van der Waals surface area contributed by atoms with Crippen molar-refractivity contribution in [1.29, 1.82) is 0 Å².